The molecule has 0 unspecified atom stereocenters. The minimum atomic E-state index is 0.632. The summed E-state index contributed by atoms with van der Waals surface area (Å²) in [6.45, 7) is 2.98. The third kappa shape index (κ3) is 3.65. The smallest absolute Gasteiger partial charge is 0.137 e. The number of rotatable bonds is 4. The first-order valence-electron chi connectivity index (χ1n) is 9.21. The zero-order valence-corrected chi connectivity index (χ0v) is 15.6. The summed E-state index contributed by atoms with van der Waals surface area (Å²) < 4.78 is 7.36. The molecule has 0 radical (unpaired) electrons. The molecular formula is C21H24N6O. The lowest BCUT2D eigenvalue weighted by molar-refractivity contribution is 0.0530. The predicted octanol–water partition coefficient (Wildman–Crippen LogP) is 2.02. The van der Waals surface area contributed by atoms with Crippen molar-refractivity contribution in [3.05, 3.63) is 72.3 Å². The maximum absolute atomic E-state index is 6.27. The van der Waals surface area contributed by atoms with Gasteiger partial charge < -0.3 is 26.8 Å². The van der Waals surface area contributed by atoms with Crippen LogP contribution in [0.4, 0.5) is 5.69 Å². The number of aromatic nitrogens is 2. The number of allylic oxidation sites excluding steroid dienone is 2. The van der Waals surface area contributed by atoms with Gasteiger partial charge in [0.2, 0.25) is 0 Å². The van der Waals surface area contributed by atoms with Crippen molar-refractivity contribution in [3.63, 3.8) is 0 Å². The number of nitrogens with two attached hydrogens (primary N) is 3. The molecular weight excluding hydrogens is 352 g/mol. The number of ether oxygens (including phenoxy) is 1. The molecule has 0 amide bonds. The van der Waals surface area contributed by atoms with E-state index >= 15 is 0 Å². The van der Waals surface area contributed by atoms with Crippen molar-refractivity contribution in [1.29, 1.82) is 0 Å². The van der Waals surface area contributed by atoms with Crippen molar-refractivity contribution in [2.24, 2.45) is 11.5 Å². The van der Waals surface area contributed by atoms with Gasteiger partial charge in [0.05, 0.1) is 30.9 Å². The fourth-order valence-corrected chi connectivity index (χ4v) is 3.27. The summed E-state index contributed by atoms with van der Waals surface area (Å²) in [5.74, 6) is 0.692. The van der Waals surface area contributed by atoms with Crippen molar-refractivity contribution >= 4 is 17.0 Å². The van der Waals surface area contributed by atoms with Crippen molar-refractivity contribution in [3.8, 4) is 11.3 Å². The van der Waals surface area contributed by atoms with Gasteiger partial charge in [-0.05, 0) is 36.4 Å². The molecule has 1 aromatic carbocycles. The van der Waals surface area contributed by atoms with Gasteiger partial charge in [0, 0.05) is 41.8 Å². The van der Waals surface area contributed by atoms with E-state index in [1.807, 2.05) is 65.3 Å². The molecule has 7 heteroatoms. The van der Waals surface area contributed by atoms with Crippen molar-refractivity contribution < 1.29 is 4.74 Å². The van der Waals surface area contributed by atoms with Gasteiger partial charge in [0.25, 0.3) is 0 Å². The molecule has 6 N–H and O–H groups in total. The summed E-state index contributed by atoms with van der Waals surface area (Å²) in [7, 11) is 0. The highest BCUT2D eigenvalue weighted by Gasteiger charge is 2.11. The number of imidazole rings is 1. The fraction of sp³-hybridized carbons (Fsp3) is 0.190. The quantitative estimate of drug-likeness (QED) is 0.475. The number of pyridine rings is 1. The molecule has 1 saturated heterocycles. The van der Waals surface area contributed by atoms with Crippen LogP contribution in [0.2, 0.25) is 0 Å². The lowest BCUT2D eigenvalue weighted by Crippen LogP contribution is -2.38. The molecule has 1 fully saturated rings. The van der Waals surface area contributed by atoms with Gasteiger partial charge in [0.15, 0.2) is 0 Å². The number of hydrogen-bond donors (Lipinski definition) is 3. The Bertz CT molecular complexity index is 1050. The molecule has 144 valence electrons. The second kappa shape index (κ2) is 7.66. The molecule has 7 nitrogen and oxygen atoms in total. The minimum absolute atomic E-state index is 0.632. The molecule has 4 rings (SSSR count). The number of anilines is 1. The molecule has 0 saturated carbocycles. The Morgan fingerprint density at radius 3 is 2.68 bits per heavy atom. The van der Waals surface area contributed by atoms with E-state index in [1.54, 1.807) is 0 Å². The molecule has 0 aliphatic carbocycles. The first kappa shape index (κ1) is 17.9. The normalized spacial score (nSPS) is 15.9. The molecule has 3 heterocycles. The fourth-order valence-electron chi connectivity index (χ4n) is 3.27. The number of hydrogen-bond acceptors (Lipinski definition) is 6. The van der Waals surface area contributed by atoms with E-state index in [2.05, 4.69) is 9.88 Å². The summed E-state index contributed by atoms with van der Waals surface area (Å²) in [4.78, 5) is 6.60. The molecule has 1 aliphatic rings. The molecule has 0 atom stereocenters. The van der Waals surface area contributed by atoms with Crippen LogP contribution in [0.3, 0.4) is 0 Å². The van der Waals surface area contributed by atoms with E-state index < -0.39 is 0 Å². The highest BCUT2D eigenvalue weighted by molar-refractivity contribution is 5.71. The summed E-state index contributed by atoms with van der Waals surface area (Å²) in [6.07, 6.45) is 7.48. The summed E-state index contributed by atoms with van der Waals surface area (Å²) in [5, 5.41) is 0. The van der Waals surface area contributed by atoms with Crippen LogP contribution in [-0.2, 0) is 4.74 Å². The Morgan fingerprint density at radius 1 is 1.07 bits per heavy atom. The number of nitrogens with zero attached hydrogens (tertiary/aromatic N) is 3. The van der Waals surface area contributed by atoms with E-state index in [4.69, 9.17) is 21.9 Å². The number of nitrogen functional groups attached to an aromatic ring is 1. The van der Waals surface area contributed by atoms with E-state index in [0.29, 0.717) is 24.7 Å². The van der Waals surface area contributed by atoms with Crippen LogP contribution >= 0.6 is 0 Å². The minimum Gasteiger partial charge on any atom is -0.399 e. The Labute approximate surface area is 163 Å². The average molecular weight is 376 g/mol. The van der Waals surface area contributed by atoms with Gasteiger partial charge in [-0.15, -0.1) is 0 Å². The topological polar surface area (TPSA) is 108 Å². The van der Waals surface area contributed by atoms with Crippen molar-refractivity contribution in [1.82, 2.24) is 14.3 Å². The summed E-state index contributed by atoms with van der Waals surface area (Å²) in [6, 6.07) is 11.7. The van der Waals surface area contributed by atoms with Crippen LogP contribution in [0.25, 0.3) is 22.6 Å². The monoisotopic (exact) mass is 376 g/mol. The molecule has 0 bridgehead atoms. The number of benzene rings is 1. The van der Waals surface area contributed by atoms with Gasteiger partial charge in [0.1, 0.15) is 5.65 Å². The van der Waals surface area contributed by atoms with Gasteiger partial charge in [-0.2, -0.15) is 0 Å². The Kier molecular flexibility index (Phi) is 4.90. The van der Waals surface area contributed by atoms with Gasteiger partial charge in [-0.3, -0.25) is 4.40 Å². The molecule has 1 aliphatic heterocycles. The third-order valence-electron chi connectivity index (χ3n) is 4.84. The lowest BCUT2D eigenvalue weighted by atomic mass is 10.1. The van der Waals surface area contributed by atoms with Crippen LogP contribution in [0.5, 0.6) is 0 Å². The Hall–Kier alpha value is -3.45. The second-order valence-corrected chi connectivity index (χ2v) is 6.73. The van der Waals surface area contributed by atoms with E-state index in [-0.39, 0.29) is 0 Å². The number of morpholine rings is 1. The molecule has 2 aromatic heterocycles. The van der Waals surface area contributed by atoms with Crippen molar-refractivity contribution in [2.45, 2.75) is 0 Å². The SMILES string of the molecule is N/C(=C\C=C(/N)N1CCOCC1)c1ccn2c(-c3cccc(N)c3)cnc2c1. The van der Waals surface area contributed by atoms with Crippen LogP contribution in [0.15, 0.2) is 66.8 Å². The van der Waals surface area contributed by atoms with E-state index in [0.717, 1.165) is 41.2 Å². The average Bonchev–Trinajstić information content (AvgIpc) is 3.15. The van der Waals surface area contributed by atoms with Crippen LogP contribution in [0, 0.1) is 0 Å². The van der Waals surface area contributed by atoms with Crippen LogP contribution in [-0.4, -0.2) is 40.6 Å². The summed E-state index contributed by atoms with van der Waals surface area (Å²) in [5.41, 5.74) is 23.4. The van der Waals surface area contributed by atoms with Crippen LogP contribution < -0.4 is 17.2 Å². The Morgan fingerprint density at radius 2 is 1.89 bits per heavy atom. The van der Waals surface area contributed by atoms with Crippen LogP contribution in [0.1, 0.15) is 5.56 Å². The van der Waals surface area contributed by atoms with Gasteiger partial charge >= 0.3 is 0 Å². The lowest BCUT2D eigenvalue weighted by Gasteiger charge is -2.28. The van der Waals surface area contributed by atoms with E-state index in [1.165, 1.54) is 0 Å². The third-order valence-corrected chi connectivity index (χ3v) is 4.84. The zero-order valence-electron chi connectivity index (χ0n) is 15.6. The molecule has 3 aromatic rings. The largest absolute Gasteiger partial charge is 0.399 e. The molecule has 28 heavy (non-hydrogen) atoms. The Balaban J connectivity index is 1.59. The van der Waals surface area contributed by atoms with E-state index in [9.17, 15) is 0 Å². The highest BCUT2D eigenvalue weighted by Crippen LogP contribution is 2.24. The zero-order chi connectivity index (χ0) is 19.5. The van der Waals surface area contributed by atoms with Gasteiger partial charge in [-0.1, -0.05) is 12.1 Å². The first-order chi connectivity index (χ1) is 13.6. The first-order valence-corrected chi connectivity index (χ1v) is 9.21. The van der Waals surface area contributed by atoms with Crippen molar-refractivity contribution in [2.75, 3.05) is 32.0 Å². The predicted molar refractivity (Wildman–Crippen MR) is 112 cm³/mol. The second-order valence-electron chi connectivity index (χ2n) is 6.73. The number of fused-ring (bicyclic) bond motifs is 1. The standard InChI is InChI=1S/C21H24N6O/c22-17-3-1-2-16(12-17)19-14-25-21-13-15(6-7-27(19)21)18(23)4-5-20(24)26-8-10-28-11-9-26/h1-7,12-14H,8-11,22-24H2/b18-4-,20-5+. The molecule has 0 spiro atoms. The summed E-state index contributed by atoms with van der Waals surface area (Å²) >= 11 is 0. The maximum Gasteiger partial charge on any atom is 0.137 e. The maximum atomic E-state index is 6.27. The highest BCUT2D eigenvalue weighted by atomic mass is 16.5. The van der Waals surface area contributed by atoms with Gasteiger partial charge in [-0.25, -0.2) is 4.98 Å².